The van der Waals surface area contributed by atoms with Gasteiger partial charge in [0.25, 0.3) is 0 Å². The Morgan fingerprint density at radius 1 is 0.621 bits per heavy atom. The SMILES string of the molecule is CCCCCc1cc(O)c(I)c(O)c1.CCCCCc1cc(O)cc(O)c1.CO. The summed E-state index contributed by atoms with van der Waals surface area (Å²) in [6.45, 7) is 4.31. The van der Waals surface area contributed by atoms with Gasteiger partial charge < -0.3 is 25.5 Å². The maximum atomic E-state index is 9.47. The molecule has 0 saturated heterocycles. The molecule has 0 saturated carbocycles. The van der Waals surface area contributed by atoms with Gasteiger partial charge in [-0.15, -0.1) is 0 Å². The highest BCUT2D eigenvalue weighted by Crippen LogP contribution is 2.30. The van der Waals surface area contributed by atoms with Crippen molar-refractivity contribution in [3.63, 3.8) is 0 Å². The van der Waals surface area contributed by atoms with Crippen LogP contribution in [-0.2, 0) is 12.8 Å². The monoisotopic (exact) mass is 518 g/mol. The molecule has 0 aliphatic carbocycles. The molecule has 2 aromatic carbocycles. The van der Waals surface area contributed by atoms with Crippen LogP contribution in [0.25, 0.3) is 0 Å². The van der Waals surface area contributed by atoms with Crippen LogP contribution in [0, 0.1) is 3.57 Å². The van der Waals surface area contributed by atoms with Crippen molar-refractivity contribution < 1.29 is 25.5 Å². The van der Waals surface area contributed by atoms with Crippen molar-refractivity contribution in [3.05, 3.63) is 45.0 Å². The van der Waals surface area contributed by atoms with E-state index in [1.807, 2.05) is 22.6 Å². The van der Waals surface area contributed by atoms with Gasteiger partial charge in [-0.2, -0.15) is 0 Å². The van der Waals surface area contributed by atoms with E-state index in [1.54, 1.807) is 24.3 Å². The van der Waals surface area contributed by atoms with E-state index in [4.69, 9.17) is 5.11 Å². The topological polar surface area (TPSA) is 101 Å². The van der Waals surface area contributed by atoms with Crippen LogP contribution >= 0.6 is 22.6 Å². The number of halogens is 1. The molecule has 164 valence electrons. The van der Waals surface area contributed by atoms with Crippen LogP contribution in [0.2, 0.25) is 0 Å². The highest BCUT2D eigenvalue weighted by molar-refractivity contribution is 14.1. The summed E-state index contributed by atoms with van der Waals surface area (Å²) in [5.41, 5.74) is 2.01. The number of phenols is 4. The molecule has 29 heavy (non-hydrogen) atoms. The lowest BCUT2D eigenvalue weighted by Crippen LogP contribution is -1.87. The van der Waals surface area contributed by atoms with E-state index in [0.717, 1.165) is 43.9 Å². The number of hydrogen-bond acceptors (Lipinski definition) is 5. The van der Waals surface area contributed by atoms with Gasteiger partial charge in [0.2, 0.25) is 0 Å². The Labute approximate surface area is 188 Å². The van der Waals surface area contributed by atoms with Crippen molar-refractivity contribution in [1.29, 1.82) is 0 Å². The smallest absolute Gasteiger partial charge is 0.132 e. The van der Waals surface area contributed by atoms with Crippen molar-refractivity contribution in [2.45, 2.75) is 65.2 Å². The van der Waals surface area contributed by atoms with E-state index in [9.17, 15) is 20.4 Å². The summed E-state index contributed by atoms with van der Waals surface area (Å²) in [6.07, 6.45) is 8.81. The van der Waals surface area contributed by atoms with E-state index >= 15 is 0 Å². The second-order valence-electron chi connectivity index (χ2n) is 6.72. The molecule has 6 heteroatoms. The van der Waals surface area contributed by atoms with Crippen molar-refractivity contribution in [2.24, 2.45) is 0 Å². The molecule has 0 unspecified atom stereocenters. The molecule has 0 amide bonds. The molecule has 2 aromatic rings. The Balaban J connectivity index is 0.000000499. The quantitative estimate of drug-likeness (QED) is 0.222. The number of aromatic hydroxyl groups is 4. The third-order valence-electron chi connectivity index (χ3n) is 4.19. The third kappa shape index (κ3) is 11.8. The second kappa shape index (κ2) is 16.2. The van der Waals surface area contributed by atoms with Gasteiger partial charge >= 0.3 is 0 Å². The lowest BCUT2D eigenvalue weighted by Gasteiger charge is -2.05. The Morgan fingerprint density at radius 2 is 1.00 bits per heavy atom. The molecule has 0 radical (unpaired) electrons. The Kier molecular flexibility index (Phi) is 15.2. The van der Waals surface area contributed by atoms with E-state index < -0.39 is 0 Å². The van der Waals surface area contributed by atoms with Crippen LogP contribution in [0.3, 0.4) is 0 Å². The van der Waals surface area contributed by atoms with Crippen LogP contribution in [-0.4, -0.2) is 32.6 Å². The summed E-state index contributed by atoms with van der Waals surface area (Å²) in [5, 5.41) is 44.3. The van der Waals surface area contributed by atoms with Crippen molar-refractivity contribution in [3.8, 4) is 23.0 Å². The number of unbranched alkanes of at least 4 members (excludes halogenated alkanes) is 4. The van der Waals surface area contributed by atoms with Crippen LogP contribution in [0.15, 0.2) is 30.3 Å². The number of aryl methyl sites for hydroxylation is 2. The zero-order valence-corrected chi connectivity index (χ0v) is 19.8. The maximum Gasteiger partial charge on any atom is 0.132 e. The van der Waals surface area contributed by atoms with Crippen LogP contribution < -0.4 is 0 Å². The fourth-order valence-electron chi connectivity index (χ4n) is 2.75. The highest BCUT2D eigenvalue weighted by atomic mass is 127. The van der Waals surface area contributed by atoms with Gasteiger partial charge in [0.1, 0.15) is 23.0 Å². The van der Waals surface area contributed by atoms with Gasteiger partial charge in [-0.1, -0.05) is 39.5 Å². The molecule has 0 heterocycles. The minimum Gasteiger partial charge on any atom is -0.508 e. The van der Waals surface area contributed by atoms with Gasteiger partial charge in [0, 0.05) is 13.2 Å². The molecular weight excluding hydrogens is 483 g/mol. The largest absolute Gasteiger partial charge is 0.508 e. The number of hydrogen-bond donors (Lipinski definition) is 5. The minimum absolute atomic E-state index is 0.145. The molecule has 0 spiro atoms. The molecule has 0 aliphatic heterocycles. The maximum absolute atomic E-state index is 9.47. The molecule has 0 fully saturated rings. The average Bonchev–Trinajstić information content (AvgIpc) is 2.68. The fourth-order valence-corrected chi connectivity index (χ4v) is 3.07. The summed E-state index contributed by atoms with van der Waals surface area (Å²) in [5.74, 6) is 0.646. The number of rotatable bonds is 8. The summed E-state index contributed by atoms with van der Waals surface area (Å²) >= 11 is 1.93. The molecule has 0 aromatic heterocycles. The zero-order valence-electron chi connectivity index (χ0n) is 17.7. The first-order chi connectivity index (χ1) is 13.9. The number of aliphatic hydroxyl groups excluding tert-OH is 1. The van der Waals surface area contributed by atoms with E-state index in [0.29, 0.717) is 3.57 Å². The summed E-state index contributed by atoms with van der Waals surface area (Å²) in [7, 11) is 1.00. The molecule has 5 nitrogen and oxygen atoms in total. The third-order valence-corrected chi connectivity index (χ3v) is 5.30. The van der Waals surface area contributed by atoms with Crippen molar-refractivity contribution in [1.82, 2.24) is 0 Å². The van der Waals surface area contributed by atoms with Gasteiger partial charge in [-0.3, -0.25) is 0 Å². The first-order valence-electron chi connectivity index (χ1n) is 10.0. The normalized spacial score (nSPS) is 9.83. The van der Waals surface area contributed by atoms with Crippen LogP contribution in [0.4, 0.5) is 0 Å². The lowest BCUT2D eigenvalue weighted by atomic mass is 10.1. The lowest BCUT2D eigenvalue weighted by molar-refractivity contribution is 0.399. The van der Waals surface area contributed by atoms with Crippen molar-refractivity contribution >= 4 is 22.6 Å². The molecular formula is C23H35IO5. The first kappa shape index (κ1) is 27.3. The molecule has 2 rings (SSSR count). The summed E-state index contributed by atoms with van der Waals surface area (Å²) < 4.78 is 0.529. The minimum atomic E-state index is 0.145. The Hall–Kier alpha value is -1.67. The highest BCUT2D eigenvalue weighted by Gasteiger charge is 2.06. The fraction of sp³-hybridized carbons (Fsp3) is 0.478. The van der Waals surface area contributed by atoms with E-state index in [-0.39, 0.29) is 23.0 Å². The first-order valence-corrected chi connectivity index (χ1v) is 11.1. The Morgan fingerprint density at radius 3 is 1.38 bits per heavy atom. The molecule has 0 atom stereocenters. The average molecular weight is 518 g/mol. The van der Waals surface area contributed by atoms with E-state index in [2.05, 4.69) is 13.8 Å². The zero-order chi connectivity index (χ0) is 22.2. The predicted molar refractivity (Wildman–Crippen MR) is 127 cm³/mol. The van der Waals surface area contributed by atoms with Gasteiger partial charge in [-0.25, -0.2) is 0 Å². The van der Waals surface area contributed by atoms with Gasteiger partial charge in [0.15, 0.2) is 0 Å². The second-order valence-corrected chi connectivity index (χ2v) is 7.80. The molecule has 0 bridgehead atoms. The molecule has 0 aliphatic rings. The van der Waals surface area contributed by atoms with Crippen LogP contribution in [0.1, 0.15) is 63.5 Å². The number of aliphatic hydroxyl groups is 1. The summed E-state index contributed by atoms with van der Waals surface area (Å²) in [4.78, 5) is 0. The van der Waals surface area contributed by atoms with Gasteiger partial charge in [-0.05, 0) is 83.7 Å². The van der Waals surface area contributed by atoms with E-state index in [1.165, 1.54) is 31.7 Å². The molecule has 5 N–H and O–H groups in total. The standard InChI is InChI=1S/C11H15IO2.C11H16O2.CH4O/c1-2-3-4-5-8-6-9(13)11(12)10(14)7-8;1-2-3-4-5-9-6-10(12)8-11(13)7-9;1-2/h6-7,13-14H,2-5H2,1H3;6-8,12-13H,2-5H2,1H3;2H,1H3. The van der Waals surface area contributed by atoms with Crippen molar-refractivity contribution in [2.75, 3.05) is 7.11 Å². The van der Waals surface area contributed by atoms with Gasteiger partial charge in [0.05, 0.1) is 3.57 Å². The Bertz CT molecular complexity index is 660. The predicted octanol–water partition coefficient (Wildman–Crippen LogP) is 5.87. The van der Waals surface area contributed by atoms with Crippen LogP contribution in [0.5, 0.6) is 23.0 Å². The summed E-state index contributed by atoms with van der Waals surface area (Å²) in [6, 6.07) is 8.22. The number of phenolic OH excluding ortho intramolecular Hbond substituents is 4. The number of benzene rings is 2.